The highest BCUT2D eigenvalue weighted by Crippen LogP contribution is 2.25. The second-order valence-corrected chi connectivity index (χ2v) is 2.89. The second-order valence-electron chi connectivity index (χ2n) is 2.89. The molecule has 1 aliphatic rings. The molecule has 1 aromatic heterocycles. The van der Waals surface area contributed by atoms with Gasteiger partial charge in [0.1, 0.15) is 5.76 Å². The highest BCUT2D eigenvalue weighted by atomic mass is 16.4. The molecule has 0 bridgehead atoms. The van der Waals surface area contributed by atoms with Gasteiger partial charge in [-0.15, -0.1) is 0 Å². The minimum atomic E-state index is 0.479. The van der Waals surface area contributed by atoms with Crippen LogP contribution in [0, 0.1) is 0 Å². The Hall–Kier alpha value is -0.960. The number of furan rings is 1. The summed E-state index contributed by atoms with van der Waals surface area (Å²) in [4.78, 5) is 0. The predicted molar refractivity (Wildman–Crippen MR) is 43.2 cm³/mol. The van der Waals surface area contributed by atoms with Crippen molar-refractivity contribution in [2.24, 2.45) is 5.73 Å². The lowest BCUT2D eigenvalue weighted by Gasteiger charge is -1.96. The molecule has 11 heavy (non-hydrogen) atoms. The van der Waals surface area contributed by atoms with Crippen molar-refractivity contribution in [2.75, 3.05) is 5.32 Å². The van der Waals surface area contributed by atoms with Crippen LogP contribution >= 0.6 is 0 Å². The second kappa shape index (κ2) is 2.58. The first kappa shape index (κ1) is 6.73. The number of anilines is 1. The molecule has 1 aliphatic carbocycles. The van der Waals surface area contributed by atoms with E-state index in [-0.39, 0.29) is 0 Å². The fraction of sp³-hybridized carbons (Fsp3) is 0.500. The molecular formula is C8H12N2O. The quantitative estimate of drug-likeness (QED) is 0.686. The van der Waals surface area contributed by atoms with E-state index < -0.39 is 0 Å². The zero-order chi connectivity index (χ0) is 7.68. The van der Waals surface area contributed by atoms with Crippen LogP contribution in [0.3, 0.4) is 0 Å². The molecule has 0 saturated heterocycles. The van der Waals surface area contributed by atoms with Crippen LogP contribution < -0.4 is 11.1 Å². The van der Waals surface area contributed by atoms with Crippen LogP contribution in [0.15, 0.2) is 16.5 Å². The summed E-state index contributed by atoms with van der Waals surface area (Å²) >= 11 is 0. The van der Waals surface area contributed by atoms with Gasteiger partial charge >= 0.3 is 0 Å². The van der Waals surface area contributed by atoms with Crippen molar-refractivity contribution in [3.63, 3.8) is 0 Å². The molecule has 0 amide bonds. The molecule has 1 fully saturated rings. The van der Waals surface area contributed by atoms with E-state index >= 15 is 0 Å². The zero-order valence-corrected chi connectivity index (χ0v) is 6.34. The molecule has 3 nitrogen and oxygen atoms in total. The van der Waals surface area contributed by atoms with E-state index in [4.69, 9.17) is 10.2 Å². The van der Waals surface area contributed by atoms with Crippen LogP contribution in [0.1, 0.15) is 18.6 Å². The van der Waals surface area contributed by atoms with Gasteiger partial charge in [0.05, 0.1) is 6.54 Å². The Morgan fingerprint density at radius 2 is 2.36 bits per heavy atom. The summed E-state index contributed by atoms with van der Waals surface area (Å²) in [6.07, 6.45) is 2.53. The Morgan fingerprint density at radius 3 is 2.91 bits per heavy atom. The molecule has 0 aromatic carbocycles. The molecule has 0 aliphatic heterocycles. The molecule has 0 radical (unpaired) electrons. The van der Waals surface area contributed by atoms with Gasteiger partial charge in [0.15, 0.2) is 5.88 Å². The molecule has 0 unspecified atom stereocenters. The summed E-state index contributed by atoms with van der Waals surface area (Å²) in [5.74, 6) is 1.70. The van der Waals surface area contributed by atoms with Crippen molar-refractivity contribution in [1.29, 1.82) is 0 Å². The SMILES string of the molecule is NCc1ccc(NC2CC2)o1. The molecule has 1 aromatic rings. The third kappa shape index (κ3) is 1.54. The van der Waals surface area contributed by atoms with Crippen molar-refractivity contribution < 1.29 is 4.42 Å². The first-order valence-corrected chi connectivity index (χ1v) is 3.94. The molecule has 0 spiro atoms. The Morgan fingerprint density at radius 1 is 1.55 bits per heavy atom. The lowest BCUT2D eigenvalue weighted by molar-refractivity contribution is 0.523. The van der Waals surface area contributed by atoms with Gasteiger partial charge in [-0.3, -0.25) is 0 Å². The van der Waals surface area contributed by atoms with Crippen LogP contribution in [0.2, 0.25) is 0 Å². The van der Waals surface area contributed by atoms with Crippen molar-refractivity contribution in [1.82, 2.24) is 0 Å². The summed E-state index contributed by atoms with van der Waals surface area (Å²) in [6.45, 7) is 0.479. The normalized spacial score (nSPS) is 16.8. The number of nitrogens with two attached hydrogens (primary N) is 1. The van der Waals surface area contributed by atoms with Crippen LogP contribution in [0.4, 0.5) is 5.88 Å². The maximum Gasteiger partial charge on any atom is 0.193 e. The molecule has 1 saturated carbocycles. The van der Waals surface area contributed by atoms with E-state index in [1.165, 1.54) is 12.8 Å². The van der Waals surface area contributed by atoms with Gasteiger partial charge in [-0.25, -0.2) is 0 Å². The lowest BCUT2D eigenvalue weighted by atomic mass is 10.4. The van der Waals surface area contributed by atoms with Crippen molar-refractivity contribution in [2.45, 2.75) is 25.4 Å². The summed E-state index contributed by atoms with van der Waals surface area (Å²) in [5.41, 5.74) is 5.39. The summed E-state index contributed by atoms with van der Waals surface area (Å²) in [7, 11) is 0. The van der Waals surface area contributed by atoms with Gasteiger partial charge in [-0.1, -0.05) is 0 Å². The number of rotatable bonds is 3. The average Bonchev–Trinajstić information content (AvgIpc) is 2.68. The van der Waals surface area contributed by atoms with Crippen LogP contribution in [-0.2, 0) is 6.54 Å². The van der Waals surface area contributed by atoms with E-state index in [1.54, 1.807) is 0 Å². The Bertz CT molecular complexity index is 240. The van der Waals surface area contributed by atoms with Crippen LogP contribution in [-0.4, -0.2) is 6.04 Å². The number of hydrogen-bond donors (Lipinski definition) is 2. The third-order valence-corrected chi connectivity index (χ3v) is 1.79. The predicted octanol–water partition coefficient (Wildman–Crippen LogP) is 1.31. The van der Waals surface area contributed by atoms with E-state index in [1.807, 2.05) is 12.1 Å². The molecule has 60 valence electrons. The molecule has 2 rings (SSSR count). The van der Waals surface area contributed by atoms with Crippen LogP contribution in [0.5, 0.6) is 0 Å². The van der Waals surface area contributed by atoms with E-state index in [0.29, 0.717) is 12.6 Å². The summed E-state index contributed by atoms with van der Waals surface area (Å²) in [6, 6.07) is 4.48. The van der Waals surface area contributed by atoms with Gasteiger partial charge in [0.2, 0.25) is 0 Å². The summed E-state index contributed by atoms with van der Waals surface area (Å²) in [5, 5.41) is 3.25. The minimum Gasteiger partial charge on any atom is -0.444 e. The first-order valence-electron chi connectivity index (χ1n) is 3.94. The topological polar surface area (TPSA) is 51.2 Å². The summed E-state index contributed by atoms with van der Waals surface area (Å²) < 4.78 is 5.35. The smallest absolute Gasteiger partial charge is 0.193 e. The van der Waals surface area contributed by atoms with Gasteiger partial charge in [0.25, 0.3) is 0 Å². The van der Waals surface area contributed by atoms with E-state index in [2.05, 4.69) is 5.32 Å². The van der Waals surface area contributed by atoms with E-state index in [0.717, 1.165) is 11.6 Å². The monoisotopic (exact) mass is 152 g/mol. The third-order valence-electron chi connectivity index (χ3n) is 1.79. The molecule has 0 atom stereocenters. The Balaban J connectivity index is 1.99. The fourth-order valence-corrected chi connectivity index (χ4v) is 0.994. The maximum absolute atomic E-state index is 5.39. The average molecular weight is 152 g/mol. The highest BCUT2D eigenvalue weighted by molar-refractivity contribution is 5.34. The molecule has 3 N–H and O–H groups in total. The lowest BCUT2D eigenvalue weighted by Crippen LogP contribution is -1.99. The van der Waals surface area contributed by atoms with Crippen molar-refractivity contribution >= 4 is 5.88 Å². The van der Waals surface area contributed by atoms with Gasteiger partial charge in [-0.2, -0.15) is 0 Å². The minimum absolute atomic E-state index is 0.479. The maximum atomic E-state index is 5.39. The van der Waals surface area contributed by atoms with Crippen molar-refractivity contribution in [3.05, 3.63) is 17.9 Å². The Kier molecular flexibility index (Phi) is 1.58. The van der Waals surface area contributed by atoms with Gasteiger partial charge in [-0.05, 0) is 18.9 Å². The van der Waals surface area contributed by atoms with Gasteiger partial charge in [0, 0.05) is 12.1 Å². The highest BCUT2D eigenvalue weighted by Gasteiger charge is 2.21. The standard InChI is InChI=1S/C8H12N2O/c9-5-7-3-4-8(11-7)10-6-1-2-6/h3-4,6,10H,1-2,5,9H2. The zero-order valence-electron chi connectivity index (χ0n) is 6.34. The van der Waals surface area contributed by atoms with Gasteiger partial charge < -0.3 is 15.5 Å². The van der Waals surface area contributed by atoms with Crippen LogP contribution in [0.25, 0.3) is 0 Å². The molecule has 3 heteroatoms. The fourth-order valence-electron chi connectivity index (χ4n) is 0.994. The number of hydrogen-bond acceptors (Lipinski definition) is 3. The molecular weight excluding hydrogens is 140 g/mol. The van der Waals surface area contributed by atoms with E-state index in [9.17, 15) is 0 Å². The van der Waals surface area contributed by atoms with Crippen molar-refractivity contribution in [3.8, 4) is 0 Å². The number of nitrogens with one attached hydrogen (secondary N) is 1. The molecule has 1 heterocycles. The largest absolute Gasteiger partial charge is 0.444 e. The first-order chi connectivity index (χ1) is 5.38. The Labute approximate surface area is 65.6 Å².